The number of nitrogens with one attached hydrogen (secondary N) is 2. The average molecular weight is 445 g/mol. The van der Waals surface area contributed by atoms with E-state index in [1.807, 2.05) is 0 Å². The van der Waals surface area contributed by atoms with Gasteiger partial charge in [-0.3, -0.25) is 0 Å². The number of aromatic nitrogens is 2. The lowest BCUT2D eigenvalue weighted by Crippen LogP contribution is -2.38. The van der Waals surface area contributed by atoms with Crippen molar-refractivity contribution in [3.63, 3.8) is 0 Å². The van der Waals surface area contributed by atoms with Gasteiger partial charge < -0.3 is 25.0 Å². The van der Waals surface area contributed by atoms with Gasteiger partial charge in [0, 0.05) is 29.6 Å². The van der Waals surface area contributed by atoms with Crippen LogP contribution in [0.25, 0.3) is 6.08 Å². The Balaban J connectivity index is 1.62. The van der Waals surface area contributed by atoms with Crippen LogP contribution in [-0.4, -0.2) is 41.4 Å². The number of hydrogen-bond donors (Lipinski definition) is 3. The Morgan fingerprint density at radius 3 is 2.91 bits per heavy atom. The van der Waals surface area contributed by atoms with Gasteiger partial charge in [0.15, 0.2) is 0 Å². The molecule has 0 radical (unpaired) electrons. The van der Waals surface area contributed by atoms with Crippen LogP contribution in [0.2, 0.25) is 0 Å². The summed E-state index contributed by atoms with van der Waals surface area (Å²) in [5, 5.41) is 24.9. The molecule has 2 aromatic rings. The molecule has 1 aromatic carbocycles. The maximum absolute atomic E-state index is 13.6. The number of nitrogens with zero attached hydrogens (tertiary/aromatic N) is 3. The van der Waals surface area contributed by atoms with Crippen LogP contribution < -0.4 is 15.3 Å². The fourth-order valence-electron chi connectivity index (χ4n) is 3.52. The van der Waals surface area contributed by atoms with E-state index in [0.717, 1.165) is 6.07 Å². The maximum Gasteiger partial charge on any atom is 0.552 e. The highest BCUT2D eigenvalue weighted by atomic mass is 19.4. The average Bonchev–Trinajstić information content (AvgIpc) is 2.75. The molecule has 12 heteroatoms. The second-order valence-electron chi connectivity index (χ2n) is 7.51. The largest absolute Gasteiger partial charge is 0.552 e. The van der Waals surface area contributed by atoms with Crippen LogP contribution in [0.15, 0.2) is 24.3 Å². The smallest absolute Gasteiger partial charge is 0.532 e. The van der Waals surface area contributed by atoms with Crippen molar-refractivity contribution < 1.29 is 27.6 Å². The standard InChI is InChI=1S/C20H19BF3N5O3/c1-11-9-26-19(29-18(11)28-16-10-31-5-3-13(16)8-25)27-14-6-12-2-4-21(30)32-17(12)15(7-14)20(22,23)24/h2,4,6-7,9,13,16,30H,3,5,10H2,1H3,(H2,26,27,28,29). The number of alkyl halides is 3. The van der Waals surface area contributed by atoms with Crippen molar-refractivity contribution in [2.45, 2.75) is 25.6 Å². The lowest BCUT2D eigenvalue weighted by atomic mass is 9.85. The molecular weight excluding hydrogens is 426 g/mol. The first-order chi connectivity index (χ1) is 15.2. The van der Waals surface area contributed by atoms with Gasteiger partial charge >= 0.3 is 13.3 Å². The Labute approximate surface area is 182 Å². The Bertz CT molecular complexity index is 1090. The first-order valence-corrected chi connectivity index (χ1v) is 9.87. The van der Waals surface area contributed by atoms with Crippen LogP contribution in [0.5, 0.6) is 5.75 Å². The van der Waals surface area contributed by atoms with Gasteiger partial charge in [-0.1, -0.05) is 6.08 Å². The highest BCUT2D eigenvalue weighted by molar-refractivity contribution is 6.51. The lowest BCUT2D eigenvalue weighted by Gasteiger charge is -2.28. The van der Waals surface area contributed by atoms with Gasteiger partial charge in [0.1, 0.15) is 11.6 Å². The Hall–Kier alpha value is -3.30. The van der Waals surface area contributed by atoms with Crippen molar-refractivity contribution in [2.75, 3.05) is 23.8 Å². The van der Waals surface area contributed by atoms with Crippen LogP contribution in [0.1, 0.15) is 23.1 Å². The van der Waals surface area contributed by atoms with Crippen molar-refractivity contribution in [3.8, 4) is 11.8 Å². The highest BCUT2D eigenvalue weighted by Crippen LogP contribution is 2.42. The van der Waals surface area contributed by atoms with E-state index in [-0.39, 0.29) is 29.2 Å². The van der Waals surface area contributed by atoms with Crippen molar-refractivity contribution in [2.24, 2.45) is 5.92 Å². The number of ether oxygens (including phenoxy) is 1. The van der Waals surface area contributed by atoms with Gasteiger partial charge in [-0.15, -0.1) is 0 Å². The van der Waals surface area contributed by atoms with Crippen molar-refractivity contribution in [3.05, 3.63) is 41.0 Å². The molecule has 1 saturated heterocycles. The summed E-state index contributed by atoms with van der Waals surface area (Å²) >= 11 is 0. The molecule has 3 N–H and O–H groups in total. The molecule has 166 valence electrons. The predicted octanol–water partition coefficient (Wildman–Crippen LogP) is 3.31. The number of aryl methyl sites for hydroxylation is 1. The van der Waals surface area contributed by atoms with E-state index < -0.39 is 24.6 Å². The molecule has 0 saturated carbocycles. The molecule has 0 spiro atoms. The molecule has 32 heavy (non-hydrogen) atoms. The number of anilines is 3. The summed E-state index contributed by atoms with van der Waals surface area (Å²) in [6, 6.07) is 4.32. The van der Waals surface area contributed by atoms with E-state index in [0.29, 0.717) is 31.0 Å². The number of benzene rings is 1. The van der Waals surface area contributed by atoms with E-state index >= 15 is 0 Å². The van der Waals surface area contributed by atoms with E-state index in [4.69, 9.17) is 9.39 Å². The molecule has 8 nitrogen and oxygen atoms in total. The van der Waals surface area contributed by atoms with Gasteiger partial charge in [0.25, 0.3) is 0 Å². The highest BCUT2D eigenvalue weighted by Gasteiger charge is 2.38. The van der Waals surface area contributed by atoms with E-state index in [1.54, 1.807) is 6.92 Å². The molecular formula is C20H19BF3N5O3. The Morgan fingerprint density at radius 1 is 1.34 bits per heavy atom. The SMILES string of the molecule is Cc1cnc(Nc2cc3c(c(C(F)(F)F)c2)OB(O)C=C3)nc1NC1COCCC1C#N. The molecule has 0 aliphatic carbocycles. The first-order valence-electron chi connectivity index (χ1n) is 9.87. The third kappa shape index (κ3) is 4.63. The fourth-order valence-corrected chi connectivity index (χ4v) is 3.52. The monoisotopic (exact) mass is 445 g/mol. The molecule has 2 aliphatic heterocycles. The van der Waals surface area contributed by atoms with Crippen molar-refractivity contribution in [1.29, 1.82) is 5.26 Å². The lowest BCUT2D eigenvalue weighted by molar-refractivity contribution is -0.138. The van der Waals surface area contributed by atoms with Crippen LogP contribution in [-0.2, 0) is 10.9 Å². The van der Waals surface area contributed by atoms with Crippen LogP contribution in [0, 0.1) is 24.2 Å². The summed E-state index contributed by atoms with van der Waals surface area (Å²) in [5.74, 6) is 1.10. The number of halogens is 3. The fraction of sp³-hybridized carbons (Fsp3) is 0.350. The zero-order valence-corrected chi connectivity index (χ0v) is 17.0. The topological polar surface area (TPSA) is 112 Å². The number of nitriles is 1. The second kappa shape index (κ2) is 8.68. The molecule has 2 atom stereocenters. The summed E-state index contributed by atoms with van der Waals surface area (Å²) in [6.45, 7) is 2.65. The zero-order chi connectivity index (χ0) is 22.9. The van der Waals surface area contributed by atoms with Gasteiger partial charge in [0.2, 0.25) is 5.95 Å². The number of fused-ring (bicyclic) bond motifs is 1. The predicted molar refractivity (Wildman–Crippen MR) is 111 cm³/mol. The number of hydrogen-bond acceptors (Lipinski definition) is 8. The quantitative estimate of drug-likeness (QED) is 0.615. The third-order valence-corrected chi connectivity index (χ3v) is 5.17. The van der Waals surface area contributed by atoms with E-state index in [2.05, 4.69) is 26.7 Å². The zero-order valence-electron chi connectivity index (χ0n) is 17.0. The molecule has 1 fully saturated rings. The normalized spacial score (nSPS) is 20.2. The third-order valence-electron chi connectivity index (χ3n) is 5.17. The summed E-state index contributed by atoms with van der Waals surface area (Å²) in [6.07, 6.45) is -1.20. The second-order valence-corrected chi connectivity index (χ2v) is 7.51. The maximum atomic E-state index is 13.6. The first kappa shape index (κ1) is 21.9. The van der Waals surface area contributed by atoms with Crippen LogP contribution >= 0.6 is 0 Å². The molecule has 4 rings (SSSR count). The van der Waals surface area contributed by atoms with Gasteiger partial charge in [-0.2, -0.15) is 23.4 Å². The molecule has 0 amide bonds. The van der Waals surface area contributed by atoms with Gasteiger partial charge in [-0.05, 0) is 31.5 Å². The van der Waals surface area contributed by atoms with Gasteiger partial charge in [-0.25, -0.2) is 4.98 Å². The molecule has 0 bridgehead atoms. The minimum atomic E-state index is -4.69. The number of rotatable bonds is 4. The van der Waals surface area contributed by atoms with Crippen molar-refractivity contribution >= 4 is 30.6 Å². The summed E-state index contributed by atoms with van der Waals surface area (Å²) in [4.78, 5) is 8.53. The Morgan fingerprint density at radius 2 is 2.16 bits per heavy atom. The van der Waals surface area contributed by atoms with Gasteiger partial charge in [0.05, 0.1) is 30.2 Å². The van der Waals surface area contributed by atoms with E-state index in [9.17, 15) is 23.5 Å². The summed E-state index contributed by atoms with van der Waals surface area (Å²) in [5.41, 5.74) is -0.0483. The molecule has 2 unspecified atom stereocenters. The Kier molecular flexibility index (Phi) is 5.95. The molecule has 1 aromatic heterocycles. The summed E-state index contributed by atoms with van der Waals surface area (Å²) < 4.78 is 51.1. The van der Waals surface area contributed by atoms with Crippen LogP contribution in [0.3, 0.4) is 0 Å². The minimum absolute atomic E-state index is 0.0807. The molecule has 2 aliphatic rings. The van der Waals surface area contributed by atoms with E-state index in [1.165, 1.54) is 24.3 Å². The molecule has 3 heterocycles. The summed E-state index contributed by atoms with van der Waals surface area (Å²) in [7, 11) is -1.45. The van der Waals surface area contributed by atoms with Crippen LogP contribution in [0.4, 0.5) is 30.6 Å². The minimum Gasteiger partial charge on any atom is -0.532 e. The van der Waals surface area contributed by atoms with Crippen molar-refractivity contribution in [1.82, 2.24) is 9.97 Å².